The minimum Gasteiger partial charge on any atom is -0.289 e. The number of halogens is 1. The summed E-state index contributed by atoms with van der Waals surface area (Å²) in [7, 11) is 0. The van der Waals surface area contributed by atoms with Gasteiger partial charge in [-0.2, -0.15) is 0 Å². The van der Waals surface area contributed by atoms with Gasteiger partial charge in [0.05, 0.1) is 0 Å². The molecular formula is C14H13BrO. The predicted octanol–water partition coefficient (Wildman–Crippen LogP) is 4.06. The summed E-state index contributed by atoms with van der Waals surface area (Å²) < 4.78 is 0. The molecule has 0 heterocycles. The number of hydrogen-bond acceptors (Lipinski definition) is 1. The first-order valence-electron chi connectivity index (χ1n) is 4.87. The van der Waals surface area contributed by atoms with Crippen LogP contribution in [0.3, 0.4) is 0 Å². The summed E-state index contributed by atoms with van der Waals surface area (Å²) in [5.74, 6) is -0.0299. The molecule has 0 saturated heterocycles. The molecule has 2 heteroatoms. The Balaban J connectivity index is 3.08. The predicted molar refractivity (Wildman–Crippen MR) is 71.9 cm³/mol. The molecule has 1 aromatic rings. The fraction of sp³-hybridized carbons (Fsp3) is 0.0714. The van der Waals surface area contributed by atoms with Crippen LogP contribution in [0, 0.1) is 0 Å². The van der Waals surface area contributed by atoms with E-state index in [1.54, 1.807) is 24.3 Å². The summed E-state index contributed by atoms with van der Waals surface area (Å²) in [6, 6.07) is 7.52. The zero-order valence-corrected chi connectivity index (χ0v) is 10.5. The molecule has 82 valence electrons. The normalized spacial score (nSPS) is 10.9. The number of hydrogen-bond donors (Lipinski definition) is 0. The lowest BCUT2D eigenvalue weighted by Gasteiger charge is -2.03. The number of carbonyl (C=O) groups is 1. The molecule has 1 aromatic carbocycles. The first-order valence-corrected chi connectivity index (χ1v) is 5.99. The van der Waals surface area contributed by atoms with Crippen LogP contribution >= 0.6 is 15.9 Å². The third kappa shape index (κ3) is 3.04. The van der Waals surface area contributed by atoms with Gasteiger partial charge in [-0.3, -0.25) is 4.79 Å². The second kappa shape index (κ2) is 6.23. The Morgan fingerprint density at radius 3 is 2.69 bits per heavy atom. The average Bonchev–Trinajstić information content (AvgIpc) is 2.35. The van der Waals surface area contributed by atoms with Crippen molar-refractivity contribution in [1.29, 1.82) is 0 Å². The van der Waals surface area contributed by atoms with Gasteiger partial charge in [0, 0.05) is 16.5 Å². The quantitative estimate of drug-likeness (QED) is 0.343. The van der Waals surface area contributed by atoms with Gasteiger partial charge < -0.3 is 0 Å². The SMILES string of the molecule is C=C/C=C(\C=C)C(=O)c1cccc(CBr)c1. The Morgan fingerprint density at radius 2 is 2.12 bits per heavy atom. The van der Waals surface area contributed by atoms with Crippen molar-refractivity contribution in [2.24, 2.45) is 0 Å². The number of alkyl halides is 1. The van der Waals surface area contributed by atoms with Gasteiger partial charge in [0.1, 0.15) is 0 Å². The molecule has 0 N–H and O–H groups in total. The number of Topliss-reactive ketones (excluding diaryl/α,β-unsaturated/α-hetero) is 1. The first-order chi connectivity index (χ1) is 7.72. The highest BCUT2D eigenvalue weighted by atomic mass is 79.9. The fourth-order valence-electron chi connectivity index (χ4n) is 1.33. The molecule has 0 aliphatic carbocycles. The molecule has 0 unspecified atom stereocenters. The van der Waals surface area contributed by atoms with Gasteiger partial charge in [0.15, 0.2) is 5.78 Å². The maximum absolute atomic E-state index is 12.0. The average molecular weight is 277 g/mol. The molecule has 0 spiro atoms. The molecule has 0 aliphatic heterocycles. The van der Waals surface area contributed by atoms with Crippen molar-refractivity contribution in [1.82, 2.24) is 0 Å². The monoisotopic (exact) mass is 276 g/mol. The molecule has 0 aliphatic rings. The third-order valence-electron chi connectivity index (χ3n) is 2.12. The molecule has 1 rings (SSSR count). The van der Waals surface area contributed by atoms with Crippen LogP contribution in [0.4, 0.5) is 0 Å². The lowest BCUT2D eigenvalue weighted by molar-refractivity contribution is 0.103. The van der Waals surface area contributed by atoms with E-state index in [1.165, 1.54) is 0 Å². The second-order valence-corrected chi connectivity index (χ2v) is 3.79. The van der Waals surface area contributed by atoms with E-state index < -0.39 is 0 Å². The smallest absolute Gasteiger partial charge is 0.193 e. The van der Waals surface area contributed by atoms with Gasteiger partial charge in [0.25, 0.3) is 0 Å². The van der Waals surface area contributed by atoms with Gasteiger partial charge in [-0.15, -0.1) is 0 Å². The summed E-state index contributed by atoms with van der Waals surface area (Å²) >= 11 is 3.36. The van der Waals surface area contributed by atoms with Gasteiger partial charge in [-0.1, -0.05) is 65.5 Å². The standard InChI is InChI=1S/C14H13BrO/c1-3-6-12(4-2)14(16)13-8-5-7-11(9-13)10-15/h3-9H,1-2,10H2/b12-6+. The molecule has 16 heavy (non-hydrogen) atoms. The van der Waals surface area contributed by atoms with Crippen molar-refractivity contribution >= 4 is 21.7 Å². The van der Waals surface area contributed by atoms with Crippen LogP contribution in [0.5, 0.6) is 0 Å². The number of benzene rings is 1. The highest BCUT2D eigenvalue weighted by Gasteiger charge is 2.08. The van der Waals surface area contributed by atoms with E-state index in [2.05, 4.69) is 29.1 Å². The van der Waals surface area contributed by atoms with Gasteiger partial charge >= 0.3 is 0 Å². The summed E-state index contributed by atoms with van der Waals surface area (Å²) in [6.07, 6.45) is 4.80. The molecule has 0 radical (unpaired) electrons. The first kappa shape index (κ1) is 12.7. The van der Waals surface area contributed by atoms with E-state index >= 15 is 0 Å². The number of carbonyl (C=O) groups excluding carboxylic acids is 1. The van der Waals surface area contributed by atoms with Crippen molar-refractivity contribution in [3.63, 3.8) is 0 Å². The van der Waals surface area contributed by atoms with Gasteiger partial charge in [-0.25, -0.2) is 0 Å². The molecule has 0 saturated carbocycles. The number of rotatable bonds is 5. The fourth-order valence-corrected chi connectivity index (χ4v) is 1.67. The minimum absolute atomic E-state index is 0.0299. The van der Waals surface area contributed by atoms with Crippen molar-refractivity contribution in [2.75, 3.05) is 0 Å². The number of allylic oxidation sites excluding steroid dienone is 4. The molecule has 0 bridgehead atoms. The van der Waals surface area contributed by atoms with Crippen molar-refractivity contribution in [3.05, 3.63) is 72.4 Å². The van der Waals surface area contributed by atoms with Crippen molar-refractivity contribution in [3.8, 4) is 0 Å². The maximum atomic E-state index is 12.0. The zero-order chi connectivity index (χ0) is 12.0. The Labute approximate surface area is 104 Å². The van der Waals surface area contributed by atoms with Gasteiger partial charge in [0.2, 0.25) is 0 Å². The largest absolute Gasteiger partial charge is 0.289 e. The summed E-state index contributed by atoms with van der Waals surface area (Å²) in [5.41, 5.74) is 2.31. The highest BCUT2D eigenvalue weighted by Crippen LogP contribution is 2.13. The summed E-state index contributed by atoms with van der Waals surface area (Å²) in [4.78, 5) is 12.0. The molecule has 0 amide bonds. The maximum Gasteiger partial charge on any atom is 0.193 e. The molecule has 0 atom stereocenters. The Kier molecular flexibility index (Phi) is 4.93. The van der Waals surface area contributed by atoms with Gasteiger partial charge in [-0.05, 0) is 11.6 Å². The van der Waals surface area contributed by atoms with Crippen LogP contribution < -0.4 is 0 Å². The lowest BCUT2D eigenvalue weighted by atomic mass is 10.0. The number of ketones is 1. The topological polar surface area (TPSA) is 17.1 Å². The molecule has 0 aromatic heterocycles. The van der Waals surface area contributed by atoms with Crippen molar-refractivity contribution < 1.29 is 4.79 Å². The van der Waals surface area contributed by atoms with E-state index in [-0.39, 0.29) is 5.78 Å². The lowest BCUT2D eigenvalue weighted by Crippen LogP contribution is -2.01. The van der Waals surface area contributed by atoms with E-state index in [9.17, 15) is 4.79 Å². The minimum atomic E-state index is -0.0299. The molecule has 1 nitrogen and oxygen atoms in total. The Bertz CT molecular complexity index is 444. The Morgan fingerprint density at radius 1 is 1.38 bits per heavy atom. The van der Waals surface area contributed by atoms with Crippen LogP contribution in [0.2, 0.25) is 0 Å². The molecule has 0 fully saturated rings. The van der Waals surface area contributed by atoms with Crippen LogP contribution in [0.15, 0.2) is 61.2 Å². The van der Waals surface area contributed by atoms with Crippen LogP contribution in [-0.4, -0.2) is 5.78 Å². The van der Waals surface area contributed by atoms with Crippen molar-refractivity contribution in [2.45, 2.75) is 5.33 Å². The van der Waals surface area contributed by atoms with E-state index in [4.69, 9.17) is 0 Å². The van der Waals surface area contributed by atoms with Crippen LogP contribution in [0.25, 0.3) is 0 Å². The Hall–Kier alpha value is -1.41. The summed E-state index contributed by atoms with van der Waals surface area (Å²) in [5, 5.41) is 0.739. The van der Waals surface area contributed by atoms with E-state index in [0.717, 1.165) is 10.9 Å². The second-order valence-electron chi connectivity index (χ2n) is 3.22. The third-order valence-corrected chi connectivity index (χ3v) is 2.77. The van der Waals surface area contributed by atoms with E-state index in [0.29, 0.717) is 11.1 Å². The van der Waals surface area contributed by atoms with Crippen LogP contribution in [-0.2, 0) is 5.33 Å². The van der Waals surface area contributed by atoms with Crippen LogP contribution in [0.1, 0.15) is 15.9 Å². The summed E-state index contributed by atoms with van der Waals surface area (Å²) in [6.45, 7) is 7.20. The molecular weight excluding hydrogens is 264 g/mol. The zero-order valence-electron chi connectivity index (χ0n) is 8.95. The highest BCUT2D eigenvalue weighted by molar-refractivity contribution is 9.08. The van der Waals surface area contributed by atoms with E-state index in [1.807, 2.05) is 18.2 Å².